The predicted molar refractivity (Wildman–Crippen MR) is 83.2 cm³/mol. The van der Waals surface area contributed by atoms with E-state index in [2.05, 4.69) is 13.8 Å². The molecule has 0 radical (unpaired) electrons. The van der Waals surface area contributed by atoms with Gasteiger partial charge in [-0.2, -0.15) is 0 Å². The average Bonchev–Trinajstić information content (AvgIpc) is 3.28. The molecule has 0 bridgehead atoms. The van der Waals surface area contributed by atoms with Gasteiger partial charge in [0.05, 0.1) is 14.2 Å². The van der Waals surface area contributed by atoms with Crippen molar-refractivity contribution in [1.29, 1.82) is 0 Å². The molecule has 1 amide bonds. The van der Waals surface area contributed by atoms with Crippen LogP contribution in [-0.4, -0.2) is 37.6 Å². The third-order valence-corrected chi connectivity index (χ3v) is 3.81. The van der Waals surface area contributed by atoms with Crippen molar-refractivity contribution in [3.8, 4) is 11.5 Å². The third-order valence-electron chi connectivity index (χ3n) is 3.81. The number of benzene rings is 1. The van der Waals surface area contributed by atoms with Crippen molar-refractivity contribution in [2.75, 3.05) is 20.8 Å². The van der Waals surface area contributed by atoms with Gasteiger partial charge in [-0.25, -0.2) is 0 Å². The topological polar surface area (TPSA) is 38.8 Å². The predicted octanol–water partition coefficient (Wildman–Crippen LogP) is 3.27. The monoisotopic (exact) mass is 291 g/mol. The molecule has 1 aliphatic rings. The Morgan fingerprint density at radius 2 is 1.76 bits per heavy atom. The van der Waals surface area contributed by atoms with Gasteiger partial charge in [-0.3, -0.25) is 4.79 Å². The van der Waals surface area contributed by atoms with Gasteiger partial charge in [0.2, 0.25) is 0 Å². The molecule has 4 heteroatoms. The smallest absolute Gasteiger partial charge is 0.254 e. The molecule has 0 heterocycles. The zero-order chi connectivity index (χ0) is 15.6. The Balaban J connectivity index is 2.32. The van der Waals surface area contributed by atoms with Gasteiger partial charge in [-0.1, -0.05) is 13.8 Å². The first kappa shape index (κ1) is 15.7. The van der Waals surface area contributed by atoms with E-state index in [1.807, 2.05) is 24.0 Å². The van der Waals surface area contributed by atoms with Gasteiger partial charge in [-0.05, 0) is 37.8 Å². The number of amides is 1. The van der Waals surface area contributed by atoms with Crippen LogP contribution in [0.4, 0.5) is 0 Å². The van der Waals surface area contributed by atoms with Crippen LogP contribution in [0.5, 0.6) is 11.5 Å². The van der Waals surface area contributed by atoms with E-state index in [1.54, 1.807) is 14.2 Å². The van der Waals surface area contributed by atoms with Gasteiger partial charge in [0.15, 0.2) is 0 Å². The molecule has 1 aliphatic carbocycles. The second kappa shape index (κ2) is 6.37. The SMILES string of the molecule is COc1cc(C(=O)N(CC(C)C)C2CC2)cc(OC)c1C. The van der Waals surface area contributed by atoms with E-state index >= 15 is 0 Å². The first-order chi connectivity index (χ1) is 9.97. The fraction of sp³-hybridized carbons (Fsp3) is 0.588. The molecule has 1 saturated carbocycles. The van der Waals surface area contributed by atoms with Crippen LogP contribution < -0.4 is 9.47 Å². The molecule has 0 saturated heterocycles. The number of hydrogen-bond donors (Lipinski definition) is 0. The quantitative estimate of drug-likeness (QED) is 0.807. The lowest BCUT2D eigenvalue weighted by Gasteiger charge is -2.25. The Morgan fingerprint density at radius 1 is 1.24 bits per heavy atom. The van der Waals surface area contributed by atoms with E-state index in [9.17, 15) is 4.79 Å². The maximum atomic E-state index is 12.8. The fourth-order valence-electron chi connectivity index (χ4n) is 2.55. The largest absolute Gasteiger partial charge is 0.496 e. The Kier molecular flexibility index (Phi) is 4.76. The minimum atomic E-state index is 0.0720. The van der Waals surface area contributed by atoms with Crippen molar-refractivity contribution in [2.45, 2.75) is 39.7 Å². The van der Waals surface area contributed by atoms with Crippen LogP contribution in [0, 0.1) is 12.8 Å². The van der Waals surface area contributed by atoms with Crippen molar-refractivity contribution in [1.82, 2.24) is 4.90 Å². The maximum absolute atomic E-state index is 12.8. The van der Waals surface area contributed by atoms with Gasteiger partial charge in [-0.15, -0.1) is 0 Å². The molecular formula is C17H25NO3. The van der Waals surface area contributed by atoms with Crippen LogP contribution in [0.3, 0.4) is 0 Å². The summed E-state index contributed by atoms with van der Waals surface area (Å²) in [5.74, 6) is 1.92. The number of carbonyl (C=O) groups is 1. The van der Waals surface area contributed by atoms with Crippen molar-refractivity contribution < 1.29 is 14.3 Å². The molecular weight excluding hydrogens is 266 g/mol. The second-order valence-corrected chi connectivity index (χ2v) is 6.09. The van der Waals surface area contributed by atoms with E-state index in [0.717, 1.165) is 24.9 Å². The summed E-state index contributed by atoms with van der Waals surface area (Å²) >= 11 is 0. The summed E-state index contributed by atoms with van der Waals surface area (Å²) in [4.78, 5) is 14.8. The summed E-state index contributed by atoms with van der Waals surface area (Å²) in [5.41, 5.74) is 1.56. The second-order valence-electron chi connectivity index (χ2n) is 6.09. The van der Waals surface area contributed by atoms with Crippen LogP contribution in [0.25, 0.3) is 0 Å². The van der Waals surface area contributed by atoms with Crippen LogP contribution in [0.15, 0.2) is 12.1 Å². The van der Waals surface area contributed by atoms with E-state index < -0.39 is 0 Å². The first-order valence-electron chi connectivity index (χ1n) is 7.51. The zero-order valence-electron chi connectivity index (χ0n) is 13.6. The highest BCUT2D eigenvalue weighted by Gasteiger charge is 2.33. The highest BCUT2D eigenvalue weighted by Crippen LogP contribution is 2.33. The highest BCUT2D eigenvalue weighted by atomic mass is 16.5. The molecule has 4 nitrogen and oxygen atoms in total. The van der Waals surface area contributed by atoms with E-state index in [1.165, 1.54) is 0 Å². The van der Waals surface area contributed by atoms with Crippen molar-refractivity contribution in [3.63, 3.8) is 0 Å². The molecule has 0 atom stereocenters. The Hall–Kier alpha value is -1.71. The number of nitrogens with zero attached hydrogens (tertiary/aromatic N) is 1. The number of rotatable bonds is 6. The van der Waals surface area contributed by atoms with Crippen molar-refractivity contribution in [3.05, 3.63) is 23.3 Å². The summed E-state index contributed by atoms with van der Waals surface area (Å²) < 4.78 is 10.7. The minimum absolute atomic E-state index is 0.0720. The lowest BCUT2D eigenvalue weighted by Crippen LogP contribution is -2.36. The molecule has 0 spiro atoms. The summed E-state index contributed by atoms with van der Waals surface area (Å²) in [5, 5.41) is 0. The molecule has 1 aromatic carbocycles. The van der Waals surface area contributed by atoms with Gasteiger partial charge < -0.3 is 14.4 Å². The van der Waals surface area contributed by atoms with E-state index in [0.29, 0.717) is 29.0 Å². The molecule has 116 valence electrons. The summed E-state index contributed by atoms with van der Waals surface area (Å²) in [6.45, 7) is 7.00. The number of ether oxygens (including phenoxy) is 2. The first-order valence-corrected chi connectivity index (χ1v) is 7.51. The van der Waals surface area contributed by atoms with Crippen LogP contribution in [-0.2, 0) is 0 Å². The van der Waals surface area contributed by atoms with Crippen molar-refractivity contribution >= 4 is 5.91 Å². The van der Waals surface area contributed by atoms with Gasteiger partial charge in [0.25, 0.3) is 5.91 Å². The van der Waals surface area contributed by atoms with E-state index in [4.69, 9.17) is 9.47 Å². The van der Waals surface area contributed by atoms with Crippen LogP contribution in [0.2, 0.25) is 0 Å². The van der Waals surface area contributed by atoms with E-state index in [-0.39, 0.29) is 5.91 Å². The fourth-order valence-corrected chi connectivity index (χ4v) is 2.55. The normalized spacial score (nSPS) is 14.2. The molecule has 0 aliphatic heterocycles. The number of methoxy groups -OCH3 is 2. The van der Waals surface area contributed by atoms with Gasteiger partial charge >= 0.3 is 0 Å². The molecule has 2 rings (SSSR count). The highest BCUT2D eigenvalue weighted by molar-refractivity contribution is 5.95. The number of hydrogen-bond acceptors (Lipinski definition) is 3. The molecule has 0 N–H and O–H groups in total. The molecule has 21 heavy (non-hydrogen) atoms. The molecule has 1 aromatic rings. The maximum Gasteiger partial charge on any atom is 0.254 e. The Morgan fingerprint density at radius 3 is 2.14 bits per heavy atom. The van der Waals surface area contributed by atoms with Gasteiger partial charge in [0, 0.05) is 23.7 Å². The summed E-state index contributed by atoms with van der Waals surface area (Å²) in [7, 11) is 3.23. The van der Waals surface area contributed by atoms with Crippen molar-refractivity contribution in [2.24, 2.45) is 5.92 Å². The minimum Gasteiger partial charge on any atom is -0.496 e. The zero-order valence-corrected chi connectivity index (χ0v) is 13.6. The lowest BCUT2D eigenvalue weighted by atomic mass is 10.1. The van der Waals surface area contributed by atoms with Crippen LogP contribution in [0.1, 0.15) is 42.6 Å². The number of carbonyl (C=O) groups excluding carboxylic acids is 1. The lowest BCUT2D eigenvalue weighted by molar-refractivity contribution is 0.0721. The molecule has 0 aromatic heterocycles. The summed E-state index contributed by atoms with van der Waals surface area (Å²) in [6, 6.07) is 4.03. The average molecular weight is 291 g/mol. The molecule has 1 fully saturated rings. The van der Waals surface area contributed by atoms with Gasteiger partial charge in [0.1, 0.15) is 11.5 Å². The van der Waals surface area contributed by atoms with Crippen LogP contribution >= 0.6 is 0 Å². The third kappa shape index (κ3) is 3.49. The Labute approximate surface area is 127 Å². The standard InChI is InChI=1S/C17H25NO3/c1-11(2)10-18(14-6-7-14)17(19)13-8-15(20-4)12(3)16(9-13)21-5/h8-9,11,14H,6-7,10H2,1-5H3. The summed E-state index contributed by atoms with van der Waals surface area (Å²) in [6.07, 6.45) is 2.22. The Bertz CT molecular complexity index is 496. The molecule has 0 unspecified atom stereocenters.